The van der Waals surface area contributed by atoms with Crippen molar-refractivity contribution in [2.75, 3.05) is 6.61 Å². The van der Waals surface area contributed by atoms with Gasteiger partial charge in [0.05, 0.1) is 24.7 Å². The number of aliphatic hydroxyl groups is 1. The van der Waals surface area contributed by atoms with Crippen molar-refractivity contribution in [3.8, 4) is 0 Å². The third kappa shape index (κ3) is 2.86. The van der Waals surface area contributed by atoms with Crippen LogP contribution in [0.4, 0.5) is 0 Å². The van der Waals surface area contributed by atoms with Crippen LogP contribution >= 0.6 is 0 Å². The van der Waals surface area contributed by atoms with Crippen molar-refractivity contribution in [1.82, 2.24) is 5.32 Å². The molecule has 0 saturated carbocycles. The van der Waals surface area contributed by atoms with Crippen molar-refractivity contribution in [2.45, 2.75) is 50.4 Å². The Hall–Kier alpha value is -1.39. The maximum absolute atomic E-state index is 12.1. The van der Waals surface area contributed by atoms with E-state index in [-0.39, 0.29) is 18.1 Å². The highest BCUT2D eigenvalue weighted by molar-refractivity contribution is 5.77. The molecule has 3 rings (SSSR count). The molecule has 108 valence electrons. The van der Waals surface area contributed by atoms with E-state index in [2.05, 4.69) is 5.32 Å². The molecule has 1 heterocycles. The highest BCUT2D eigenvalue weighted by Gasteiger charge is 2.32. The molecule has 3 atom stereocenters. The average molecular weight is 275 g/mol. The minimum atomic E-state index is -0.524. The van der Waals surface area contributed by atoms with Gasteiger partial charge in [0.15, 0.2) is 0 Å². The molecule has 1 fully saturated rings. The fraction of sp³-hybridized carbons (Fsp3) is 0.562. The van der Waals surface area contributed by atoms with Gasteiger partial charge in [-0.1, -0.05) is 24.3 Å². The fourth-order valence-electron chi connectivity index (χ4n) is 3.16. The van der Waals surface area contributed by atoms with Gasteiger partial charge < -0.3 is 15.2 Å². The largest absolute Gasteiger partial charge is 0.390 e. The predicted octanol–water partition coefficient (Wildman–Crippen LogP) is 1.72. The van der Waals surface area contributed by atoms with Gasteiger partial charge in [0, 0.05) is 13.0 Å². The Morgan fingerprint density at radius 2 is 2.20 bits per heavy atom. The molecule has 1 aliphatic heterocycles. The number of hydrogen-bond acceptors (Lipinski definition) is 3. The second kappa shape index (κ2) is 5.94. The molecule has 3 unspecified atom stereocenters. The van der Waals surface area contributed by atoms with Gasteiger partial charge in [-0.15, -0.1) is 0 Å². The summed E-state index contributed by atoms with van der Waals surface area (Å²) in [6.45, 7) is 0.757. The van der Waals surface area contributed by atoms with E-state index in [9.17, 15) is 9.90 Å². The molecule has 0 bridgehead atoms. The third-order valence-electron chi connectivity index (χ3n) is 4.21. The van der Waals surface area contributed by atoms with Crippen molar-refractivity contribution < 1.29 is 14.6 Å². The smallest absolute Gasteiger partial charge is 0.223 e. The molecule has 1 aromatic rings. The number of carbonyl (C=O) groups is 1. The van der Waals surface area contributed by atoms with Gasteiger partial charge in [-0.3, -0.25) is 4.79 Å². The molecular formula is C16H21NO3. The van der Waals surface area contributed by atoms with E-state index in [1.165, 1.54) is 0 Å². The molecule has 1 aliphatic carbocycles. The maximum atomic E-state index is 12.1. The van der Waals surface area contributed by atoms with Crippen LogP contribution in [0.15, 0.2) is 24.3 Å². The van der Waals surface area contributed by atoms with Crippen LogP contribution in [0.2, 0.25) is 0 Å². The zero-order valence-electron chi connectivity index (χ0n) is 11.5. The summed E-state index contributed by atoms with van der Waals surface area (Å²) < 4.78 is 5.59. The van der Waals surface area contributed by atoms with Gasteiger partial charge >= 0.3 is 0 Å². The lowest BCUT2D eigenvalue weighted by atomic mass is 10.0. The summed E-state index contributed by atoms with van der Waals surface area (Å²) >= 11 is 0. The molecule has 2 N–H and O–H groups in total. The fourth-order valence-corrected chi connectivity index (χ4v) is 3.16. The quantitative estimate of drug-likeness (QED) is 0.883. The first-order chi connectivity index (χ1) is 9.74. The van der Waals surface area contributed by atoms with Crippen LogP contribution < -0.4 is 5.32 Å². The summed E-state index contributed by atoms with van der Waals surface area (Å²) in [5, 5.41) is 13.1. The number of rotatable bonds is 3. The summed E-state index contributed by atoms with van der Waals surface area (Å²) in [6, 6.07) is 7.62. The Kier molecular flexibility index (Phi) is 4.03. The summed E-state index contributed by atoms with van der Waals surface area (Å²) in [4.78, 5) is 12.1. The molecule has 4 nitrogen and oxygen atoms in total. The van der Waals surface area contributed by atoms with Crippen LogP contribution in [0.3, 0.4) is 0 Å². The topological polar surface area (TPSA) is 58.6 Å². The molecule has 0 radical (unpaired) electrons. The Morgan fingerprint density at radius 3 is 3.00 bits per heavy atom. The number of fused-ring (bicyclic) bond motifs is 1. The van der Waals surface area contributed by atoms with Crippen LogP contribution in [0.25, 0.3) is 0 Å². The number of ether oxygens (including phenoxy) is 1. The van der Waals surface area contributed by atoms with E-state index >= 15 is 0 Å². The number of carbonyl (C=O) groups excluding carboxylic acids is 1. The third-order valence-corrected chi connectivity index (χ3v) is 4.21. The Bertz CT molecular complexity index is 482. The van der Waals surface area contributed by atoms with E-state index in [1.54, 1.807) is 0 Å². The monoisotopic (exact) mass is 275 g/mol. The minimum Gasteiger partial charge on any atom is -0.390 e. The molecular weight excluding hydrogens is 254 g/mol. The van der Waals surface area contributed by atoms with Crippen LogP contribution in [-0.4, -0.2) is 29.8 Å². The van der Waals surface area contributed by atoms with Crippen molar-refractivity contribution in [3.05, 3.63) is 35.4 Å². The molecule has 4 heteroatoms. The van der Waals surface area contributed by atoms with Crippen LogP contribution in [0.1, 0.15) is 42.9 Å². The summed E-state index contributed by atoms with van der Waals surface area (Å²) in [6.07, 6.45) is 3.70. The lowest BCUT2D eigenvalue weighted by Crippen LogP contribution is -2.36. The van der Waals surface area contributed by atoms with Crippen LogP contribution in [0.5, 0.6) is 0 Å². The molecule has 1 aromatic carbocycles. The second-order valence-electron chi connectivity index (χ2n) is 5.71. The maximum Gasteiger partial charge on any atom is 0.223 e. The van der Waals surface area contributed by atoms with Crippen molar-refractivity contribution >= 4 is 5.91 Å². The van der Waals surface area contributed by atoms with Gasteiger partial charge in [0.25, 0.3) is 0 Å². The molecule has 20 heavy (non-hydrogen) atoms. The Balaban J connectivity index is 1.61. The van der Waals surface area contributed by atoms with E-state index in [0.29, 0.717) is 12.8 Å². The molecule has 2 aliphatic rings. The highest BCUT2D eigenvalue weighted by Crippen LogP contribution is 2.31. The first-order valence-electron chi connectivity index (χ1n) is 7.41. The zero-order valence-corrected chi connectivity index (χ0v) is 11.5. The lowest BCUT2D eigenvalue weighted by Gasteiger charge is -2.24. The van der Waals surface area contributed by atoms with E-state index in [4.69, 9.17) is 4.74 Å². The van der Waals surface area contributed by atoms with Crippen molar-refractivity contribution in [2.24, 2.45) is 0 Å². The van der Waals surface area contributed by atoms with Gasteiger partial charge in [0.2, 0.25) is 5.91 Å². The number of nitrogens with one attached hydrogen (secondary N) is 1. The minimum absolute atomic E-state index is 0.0300. The number of amides is 1. The first-order valence-corrected chi connectivity index (χ1v) is 7.41. The zero-order chi connectivity index (χ0) is 13.9. The van der Waals surface area contributed by atoms with Gasteiger partial charge in [-0.2, -0.15) is 0 Å². The van der Waals surface area contributed by atoms with Gasteiger partial charge in [-0.25, -0.2) is 0 Å². The summed E-state index contributed by atoms with van der Waals surface area (Å²) in [7, 11) is 0. The first kappa shape index (κ1) is 13.6. The van der Waals surface area contributed by atoms with E-state index in [1.807, 2.05) is 24.3 Å². The molecule has 1 amide bonds. The van der Waals surface area contributed by atoms with E-state index in [0.717, 1.165) is 37.0 Å². The van der Waals surface area contributed by atoms with Crippen LogP contribution in [0, 0.1) is 0 Å². The van der Waals surface area contributed by atoms with Crippen LogP contribution in [-0.2, 0) is 16.0 Å². The molecule has 0 aromatic heterocycles. The van der Waals surface area contributed by atoms with Gasteiger partial charge in [0.1, 0.15) is 0 Å². The van der Waals surface area contributed by atoms with E-state index < -0.39 is 6.10 Å². The Morgan fingerprint density at radius 1 is 1.35 bits per heavy atom. The average Bonchev–Trinajstić information content (AvgIpc) is 2.76. The second-order valence-corrected chi connectivity index (χ2v) is 5.71. The SMILES string of the molecule is O=C(CC1CCCCO1)NC1c2ccccc2CC1O. The number of hydrogen-bond donors (Lipinski definition) is 2. The molecule has 0 spiro atoms. The summed E-state index contributed by atoms with van der Waals surface area (Å²) in [5.41, 5.74) is 2.16. The lowest BCUT2D eigenvalue weighted by molar-refractivity contribution is -0.126. The number of aliphatic hydroxyl groups excluding tert-OH is 1. The Labute approximate surface area is 119 Å². The number of benzene rings is 1. The van der Waals surface area contributed by atoms with Crippen molar-refractivity contribution in [1.29, 1.82) is 0 Å². The highest BCUT2D eigenvalue weighted by atomic mass is 16.5. The van der Waals surface area contributed by atoms with Crippen molar-refractivity contribution in [3.63, 3.8) is 0 Å². The predicted molar refractivity (Wildman–Crippen MR) is 75.2 cm³/mol. The standard InChI is InChI=1S/C16H21NO3/c18-14-9-11-5-1-2-7-13(11)16(14)17-15(19)10-12-6-3-4-8-20-12/h1-2,5,7,12,14,16,18H,3-4,6,8-10H2,(H,17,19). The molecule has 1 saturated heterocycles. The summed E-state index contributed by atoms with van der Waals surface area (Å²) in [5.74, 6) is -0.0300. The van der Waals surface area contributed by atoms with Gasteiger partial charge in [-0.05, 0) is 30.4 Å². The normalized spacial score (nSPS) is 28.9.